The van der Waals surface area contributed by atoms with E-state index in [4.69, 9.17) is 9.15 Å². The molecule has 6 heteroatoms. The van der Waals surface area contributed by atoms with E-state index in [1.165, 1.54) is 16.9 Å². The molecule has 1 amide bonds. The molecule has 0 aliphatic rings. The summed E-state index contributed by atoms with van der Waals surface area (Å²) in [6.45, 7) is 4.12. The van der Waals surface area contributed by atoms with Crippen molar-refractivity contribution in [3.05, 3.63) is 64.7 Å². The Morgan fingerprint density at radius 1 is 1.19 bits per heavy atom. The minimum absolute atomic E-state index is 0.220. The number of rotatable bonds is 4. The fraction of sp³-hybridized carbons (Fsp3) is 0.143. The zero-order valence-corrected chi connectivity index (χ0v) is 16.0. The van der Waals surface area contributed by atoms with Crippen LogP contribution >= 0.6 is 11.3 Å². The van der Waals surface area contributed by atoms with Gasteiger partial charge in [0.15, 0.2) is 22.2 Å². The van der Waals surface area contributed by atoms with Crippen LogP contribution in [0.2, 0.25) is 0 Å². The van der Waals surface area contributed by atoms with Gasteiger partial charge in [-0.15, -0.1) is 11.3 Å². The topological polar surface area (TPSA) is 64.4 Å². The van der Waals surface area contributed by atoms with Gasteiger partial charge >= 0.3 is 0 Å². The molecule has 136 valence electrons. The van der Waals surface area contributed by atoms with Crippen molar-refractivity contribution in [2.75, 3.05) is 12.4 Å². The number of hydrogen-bond donors (Lipinski definition) is 1. The lowest BCUT2D eigenvalue weighted by Crippen LogP contribution is -2.10. The molecule has 4 aromatic rings. The second kappa shape index (κ2) is 6.89. The number of ether oxygens (including phenoxy) is 1. The normalized spacial score (nSPS) is 10.9. The molecule has 0 bridgehead atoms. The van der Waals surface area contributed by atoms with Crippen molar-refractivity contribution in [3.63, 3.8) is 0 Å². The van der Waals surface area contributed by atoms with Gasteiger partial charge in [0.1, 0.15) is 0 Å². The van der Waals surface area contributed by atoms with Crippen LogP contribution in [0.4, 0.5) is 5.13 Å². The number of carbonyl (C=O) groups excluding carboxylic acids is 1. The molecule has 2 heterocycles. The smallest absolute Gasteiger partial charge is 0.293 e. The van der Waals surface area contributed by atoms with Crippen LogP contribution in [0.5, 0.6) is 5.75 Å². The van der Waals surface area contributed by atoms with Gasteiger partial charge in [0.25, 0.3) is 5.91 Å². The summed E-state index contributed by atoms with van der Waals surface area (Å²) in [6, 6.07) is 13.5. The molecule has 0 saturated heterocycles. The molecule has 4 rings (SSSR count). The Balaban J connectivity index is 1.58. The van der Waals surface area contributed by atoms with E-state index in [1.54, 1.807) is 19.2 Å². The second-order valence-electron chi connectivity index (χ2n) is 6.30. The average Bonchev–Trinajstić information content (AvgIpc) is 3.28. The predicted octanol–water partition coefficient (Wildman–Crippen LogP) is 5.43. The highest BCUT2D eigenvalue weighted by Crippen LogP contribution is 2.30. The Morgan fingerprint density at radius 3 is 2.81 bits per heavy atom. The first-order valence-corrected chi connectivity index (χ1v) is 9.34. The van der Waals surface area contributed by atoms with Crippen LogP contribution in [0.25, 0.3) is 22.2 Å². The minimum atomic E-state index is -0.338. The minimum Gasteiger partial charge on any atom is -0.493 e. The van der Waals surface area contributed by atoms with E-state index in [2.05, 4.69) is 42.3 Å². The summed E-state index contributed by atoms with van der Waals surface area (Å²) >= 11 is 1.39. The van der Waals surface area contributed by atoms with Gasteiger partial charge in [0, 0.05) is 16.3 Å². The zero-order valence-electron chi connectivity index (χ0n) is 15.2. The largest absolute Gasteiger partial charge is 0.493 e. The van der Waals surface area contributed by atoms with Crippen LogP contribution < -0.4 is 10.1 Å². The number of methoxy groups -OCH3 is 1. The Bertz CT molecular complexity index is 1140. The Labute approximate surface area is 160 Å². The first kappa shape index (κ1) is 17.3. The number of aromatic nitrogens is 1. The van der Waals surface area contributed by atoms with E-state index in [1.807, 2.05) is 17.5 Å². The molecule has 0 atom stereocenters. The van der Waals surface area contributed by atoms with E-state index in [0.29, 0.717) is 16.5 Å². The summed E-state index contributed by atoms with van der Waals surface area (Å²) in [5.74, 6) is 0.477. The SMILES string of the molecule is COc1cccc2cc(C(=O)Nc3nc(-c4ccc(C)cc4C)cs3)oc12. The number of amides is 1. The van der Waals surface area contributed by atoms with E-state index in [9.17, 15) is 4.79 Å². The van der Waals surface area contributed by atoms with Gasteiger partial charge in [-0.05, 0) is 31.5 Å². The monoisotopic (exact) mass is 378 g/mol. The van der Waals surface area contributed by atoms with Crippen LogP contribution in [0.3, 0.4) is 0 Å². The van der Waals surface area contributed by atoms with Gasteiger partial charge in [0.2, 0.25) is 0 Å². The molecule has 2 aromatic heterocycles. The first-order valence-electron chi connectivity index (χ1n) is 8.46. The molecule has 0 fully saturated rings. The highest BCUT2D eigenvalue weighted by molar-refractivity contribution is 7.14. The van der Waals surface area contributed by atoms with Crippen LogP contribution in [0, 0.1) is 13.8 Å². The van der Waals surface area contributed by atoms with Gasteiger partial charge in [0.05, 0.1) is 12.8 Å². The van der Waals surface area contributed by atoms with Crippen molar-refractivity contribution in [2.45, 2.75) is 13.8 Å². The van der Waals surface area contributed by atoms with Crippen molar-refractivity contribution < 1.29 is 13.9 Å². The number of thiazole rings is 1. The lowest BCUT2D eigenvalue weighted by atomic mass is 10.0. The third-order valence-electron chi connectivity index (χ3n) is 4.33. The summed E-state index contributed by atoms with van der Waals surface area (Å²) in [6.07, 6.45) is 0. The number of furan rings is 1. The lowest BCUT2D eigenvalue weighted by molar-refractivity contribution is 0.0998. The third-order valence-corrected chi connectivity index (χ3v) is 5.09. The number of para-hydroxylation sites is 1. The van der Waals surface area contributed by atoms with Gasteiger partial charge in [-0.3, -0.25) is 10.1 Å². The molecule has 27 heavy (non-hydrogen) atoms. The van der Waals surface area contributed by atoms with Crippen molar-refractivity contribution in [1.82, 2.24) is 4.98 Å². The molecule has 0 radical (unpaired) electrons. The molecular formula is C21H18N2O3S. The van der Waals surface area contributed by atoms with Crippen LogP contribution in [0.15, 0.2) is 52.3 Å². The standard InChI is InChI=1S/C21H18N2O3S/c1-12-7-8-15(13(2)9-12)16-11-27-21(22-16)23-20(24)18-10-14-5-4-6-17(25-3)19(14)26-18/h4-11H,1-3H3,(H,22,23,24). The van der Waals surface area contributed by atoms with Crippen molar-refractivity contribution in [2.24, 2.45) is 0 Å². The highest BCUT2D eigenvalue weighted by Gasteiger charge is 2.17. The molecule has 0 unspecified atom stereocenters. The van der Waals surface area contributed by atoms with Crippen LogP contribution in [0.1, 0.15) is 21.7 Å². The number of fused-ring (bicyclic) bond motifs is 1. The average molecular weight is 378 g/mol. The second-order valence-corrected chi connectivity index (χ2v) is 7.16. The number of anilines is 1. The molecule has 5 nitrogen and oxygen atoms in total. The Morgan fingerprint density at radius 2 is 2.04 bits per heavy atom. The number of aryl methyl sites for hydroxylation is 2. The van der Waals surface area contributed by atoms with E-state index < -0.39 is 0 Å². The molecule has 1 N–H and O–H groups in total. The third kappa shape index (κ3) is 3.31. The van der Waals surface area contributed by atoms with Crippen molar-refractivity contribution in [3.8, 4) is 17.0 Å². The van der Waals surface area contributed by atoms with E-state index >= 15 is 0 Å². The number of nitrogens with zero attached hydrogens (tertiary/aromatic N) is 1. The van der Waals surface area contributed by atoms with Crippen molar-refractivity contribution in [1.29, 1.82) is 0 Å². The summed E-state index contributed by atoms with van der Waals surface area (Å²) < 4.78 is 11.0. The number of hydrogen-bond acceptors (Lipinski definition) is 5. The van der Waals surface area contributed by atoms with Crippen molar-refractivity contribution >= 4 is 33.3 Å². The maximum absolute atomic E-state index is 12.6. The summed E-state index contributed by atoms with van der Waals surface area (Å²) in [4.78, 5) is 17.1. The van der Waals surface area contributed by atoms with Gasteiger partial charge < -0.3 is 9.15 Å². The molecular weight excluding hydrogens is 360 g/mol. The van der Waals surface area contributed by atoms with Crippen LogP contribution in [-0.2, 0) is 0 Å². The lowest BCUT2D eigenvalue weighted by Gasteiger charge is -2.03. The van der Waals surface area contributed by atoms with Gasteiger partial charge in [-0.2, -0.15) is 0 Å². The maximum atomic E-state index is 12.6. The Hall–Kier alpha value is -3.12. The highest BCUT2D eigenvalue weighted by atomic mass is 32.1. The van der Waals surface area contributed by atoms with E-state index in [-0.39, 0.29) is 11.7 Å². The van der Waals surface area contributed by atoms with Gasteiger partial charge in [-0.1, -0.05) is 35.9 Å². The fourth-order valence-corrected chi connectivity index (χ4v) is 3.73. The van der Waals surface area contributed by atoms with Crippen LogP contribution in [-0.4, -0.2) is 18.0 Å². The number of nitrogens with one attached hydrogen (secondary N) is 1. The molecule has 0 spiro atoms. The van der Waals surface area contributed by atoms with E-state index in [0.717, 1.165) is 22.2 Å². The number of carbonyl (C=O) groups is 1. The maximum Gasteiger partial charge on any atom is 0.293 e. The summed E-state index contributed by atoms with van der Waals surface area (Å²) in [5.41, 5.74) is 4.83. The summed E-state index contributed by atoms with van der Waals surface area (Å²) in [7, 11) is 1.57. The Kier molecular flexibility index (Phi) is 4.41. The molecule has 0 aliphatic carbocycles. The fourth-order valence-electron chi connectivity index (χ4n) is 3.02. The van der Waals surface area contributed by atoms with Gasteiger partial charge in [-0.25, -0.2) is 4.98 Å². The predicted molar refractivity (Wildman–Crippen MR) is 108 cm³/mol. The number of benzene rings is 2. The quantitative estimate of drug-likeness (QED) is 0.514. The molecule has 2 aromatic carbocycles. The molecule has 0 aliphatic heterocycles. The summed E-state index contributed by atoms with van der Waals surface area (Å²) in [5, 5.41) is 6.10. The zero-order chi connectivity index (χ0) is 19.0. The molecule has 0 saturated carbocycles. The first-order chi connectivity index (χ1) is 13.0.